The predicted octanol–water partition coefficient (Wildman–Crippen LogP) is 4.03. The SMILES string of the molecule is Cn1cc(C2(C(F)(F)F)CC(c3ccc(NC(=O)CC(=O)NCC(F)(F)F)cc3)=NO2)c(C(F)(F)F)n1. The minimum absolute atomic E-state index is 0.0180. The average molecular weight is 545 g/mol. The van der Waals surface area contributed by atoms with Crippen LogP contribution in [0.3, 0.4) is 0 Å². The van der Waals surface area contributed by atoms with E-state index in [4.69, 9.17) is 0 Å². The van der Waals surface area contributed by atoms with Gasteiger partial charge in [-0.05, 0) is 17.7 Å². The molecule has 1 atom stereocenters. The molecule has 3 rings (SSSR count). The third-order valence-electron chi connectivity index (χ3n) is 5.03. The lowest BCUT2D eigenvalue weighted by molar-refractivity contribution is -0.277. The molecule has 2 amide bonds. The first-order chi connectivity index (χ1) is 16.9. The molecule has 1 aromatic heterocycles. The number of carbonyl (C=O) groups excluding carboxylic acids is 2. The van der Waals surface area contributed by atoms with Gasteiger partial charge in [-0.15, -0.1) is 0 Å². The molecular formula is C20H16F9N5O3. The number of nitrogens with one attached hydrogen (secondary N) is 2. The van der Waals surface area contributed by atoms with Crippen LogP contribution in [0.15, 0.2) is 35.6 Å². The minimum atomic E-state index is -5.32. The molecule has 2 heterocycles. The Morgan fingerprint density at radius 1 is 1.03 bits per heavy atom. The van der Waals surface area contributed by atoms with Crippen molar-refractivity contribution in [1.82, 2.24) is 15.1 Å². The van der Waals surface area contributed by atoms with E-state index < -0.39 is 66.6 Å². The van der Waals surface area contributed by atoms with Gasteiger partial charge >= 0.3 is 18.5 Å². The van der Waals surface area contributed by atoms with Gasteiger partial charge in [-0.2, -0.15) is 44.6 Å². The number of benzene rings is 1. The van der Waals surface area contributed by atoms with Crippen molar-refractivity contribution in [2.24, 2.45) is 12.2 Å². The molecular weight excluding hydrogens is 529 g/mol. The molecule has 202 valence electrons. The molecule has 0 aliphatic carbocycles. The van der Waals surface area contributed by atoms with Crippen LogP contribution < -0.4 is 10.6 Å². The van der Waals surface area contributed by atoms with Gasteiger partial charge in [-0.3, -0.25) is 14.3 Å². The fourth-order valence-electron chi connectivity index (χ4n) is 3.39. The molecule has 0 fully saturated rings. The van der Waals surface area contributed by atoms with Gasteiger partial charge in [0.1, 0.15) is 13.0 Å². The number of rotatable bonds is 6. The largest absolute Gasteiger partial charge is 0.435 e. The van der Waals surface area contributed by atoms with E-state index in [1.165, 1.54) is 29.6 Å². The number of aryl methyl sites for hydroxylation is 1. The second kappa shape index (κ2) is 9.59. The first kappa shape index (κ1) is 27.8. The van der Waals surface area contributed by atoms with Gasteiger partial charge in [0, 0.05) is 18.9 Å². The van der Waals surface area contributed by atoms with Gasteiger partial charge in [0.2, 0.25) is 11.8 Å². The number of aromatic nitrogens is 2. The third kappa shape index (κ3) is 6.32. The summed E-state index contributed by atoms with van der Waals surface area (Å²) < 4.78 is 119. The highest BCUT2D eigenvalue weighted by Crippen LogP contribution is 2.51. The maximum atomic E-state index is 14.1. The van der Waals surface area contributed by atoms with Crippen molar-refractivity contribution < 1.29 is 53.9 Å². The average Bonchev–Trinajstić information content (AvgIpc) is 3.37. The third-order valence-corrected chi connectivity index (χ3v) is 5.03. The summed E-state index contributed by atoms with van der Waals surface area (Å²) >= 11 is 0. The summed E-state index contributed by atoms with van der Waals surface area (Å²) in [5, 5.41) is 10.2. The first-order valence-corrected chi connectivity index (χ1v) is 10.1. The number of anilines is 1. The van der Waals surface area contributed by atoms with Crippen LogP contribution in [0.4, 0.5) is 45.2 Å². The van der Waals surface area contributed by atoms with E-state index >= 15 is 0 Å². The van der Waals surface area contributed by atoms with Gasteiger partial charge < -0.3 is 15.5 Å². The van der Waals surface area contributed by atoms with E-state index in [1.54, 1.807) is 0 Å². The molecule has 0 saturated carbocycles. The number of hydrogen-bond acceptors (Lipinski definition) is 5. The minimum Gasteiger partial charge on any atom is -0.374 e. The Kier molecular flexibility index (Phi) is 7.20. The van der Waals surface area contributed by atoms with Crippen LogP contribution in [0.1, 0.15) is 29.7 Å². The highest BCUT2D eigenvalue weighted by atomic mass is 19.4. The number of alkyl halides is 9. The smallest absolute Gasteiger partial charge is 0.374 e. The second-order valence-corrected chi connectivity index (χ2v) is 7.89. The summed E-state index contributed by atoms with van der Waals surface area (Å²) in [6.07, 6.45) is -16.7. The van der Waals surface area contributed by atoms with Gasteiger partial charge in [0.15, 0.2) is 5.69 Å². The van der Waals surface area contributed by atoms with Crippen molar-refractivity contribution in [3.63, 3.8) is 0 Å². The van der Waals surface area contributed by atoms with Crippen molar-refractivity contribution >= 4 is 23.2 Å². The van der Waals surface area contributed by atoms with Crippen LogP contribution in [0.2, 0.25) is 0 Å². The number of oxime groups is 1. The van der Waals surface area contributed by atoms with Gasteiger partial charge in [0.05, 0.1) is 17.7 Å². The first-order valence-electron chi connectivity index (χ1n) is 10.1. The van der Waals surface area contributed by atoms with Crippen molar-refractivity contribution in [1.29, 1.82) is 0 Å². The van der Waals surface area contributed by atoms with Gasteiger partial charge in [0.25, 0.3) is 5.60 Å². The highest BCUT2D eigenvalue weighted by molar-refractivity contribution is 6.04. The zero-order valence-corrected chi connectivity index (χ0v) is 18.5. The quantitative estimate of drug-likeness (QED) is 0.423. The molecule has 8 nitrogen and oxygen atoms in total. The van der Waals surface area contributed by atoms with Crippen LogP contribution >= 0.6 is 0 Å². The maximum Gasteiger partial charge on any atom is 0.435 e. The Morgan fingerprint density at radius 3 is 2.19 bits per heavy atom. The van der Waals surface area contributed by atoms with E-state index in [9.17, 15) is 49.1 Å². The fourth-order valence-corrected chi connectivity index (χ4v) is 3.39. The molecule has 1 aliphatic rings. The van der Waals surface area contributed by atoms with E-state index in [2.05, 4.69) is 20.4 Å². The van der Waals surface area contributed by atoms with Crippen molar-refractivity contribution in [2.75, 3.05) is 11.9 Å². The number of halogens is 9. The number of hydrogen-bond donors (Lipinski definition) is 2. The fraction of sp³-hybridized carbons (Fsp3) is 0.400. The Balaban J connectivity index is 1.74. The highest BCUT2D eigenvalue weighted by Gasteiger charge is 2.65. The topological polar surface area (TPSA) is 97.6 Å². The molecule has 1 unspecified atom stereocenters. The lowest BCUT2D eigenvalue weighted by Crippen LogP contribution is -2.43. The summed E-state index contributed by atoms with van der Waals surface area (Å²) in [6.45, 7) is -1.62. The van der Waals surface area contributed by atoms with E-state index in [1.807, 2.05) is 0 Å². The Hall–Kier alpha value is -3.79. The van der Waals surface area contributed by atoms with Crippen LogP contribution in [-0.4, -0.2) is 46.2 Å². The summed E-state index contributed by atoms with van der Waals surface area (Å²) in [5.74, 6) is -2.16. The van der Waals surface area contributed by atoms with E-state index in [-0.39, 0.29) is 17.0 Å². The molecule has 2 aromatic rings. The zero-order chi connectivity index (χ0) is 27.8. The summed E-state index contributed by atoms with van der Waals surface area (Å²) in [6, 6.07) is 4.73. The van der Waals surface area contributed by atoms with Crippen LogP contribution in [0, 0.1) is 0 Å². The molecule has 2 N–H and O–H groups in total. The Labute approximate surface area is 201 Å². The standard InChI is InChI=1S/C20H16F9N5O3/c1-34-8-12(16(32-34)19(24,25)26)17(20(27,28)29)7-13(33-37-17)10-2-4-11(5-3-10)31-15(36)6-14(35)30-9-18(21,22)23/h2-5,8H,6-7,9H2,1H3,(H,30,35)(H,31,36). The Bertz CT molecular complexity index is 1200. The zero-order valence-electron chi connectivity index (χ0n) is 18.5. The molecule has 0 bridgehead atoms. The Morgan fingerprint density at radius 2 is 1.65 bits per heavy atom. The normalized spacial score (nSPS) is 18.3. The van der Waals surface area contributed by atoms with Gasteiger partial charge in [-0.1, -0.05) is 17.3 Å². The maximum absolute atomic E-state index is 14.1. The summed E-state index contributed by atoms with van der Waals surface area (Å²) in [7, 11) is 1.02. The number of nitrogens with zero attached hydrogens (tertiary/aromatic N) is 3. The molecule has 1 aromatic carbocycles. The monoisotopic (exact) mass is 545 g/mol. The summed E-state index contributed by atoms with van der Waals surface area (Å²) in [5.41, 5.74) is -6.80. The van der Waals surface area contributed by atoms with Crippen LogP contribution in [0.5, 0.6) is 0 Å². The number of carbonyl (C=O) groups is 2. The van der Waals surface area contributed by atoms with E-state index in [0.717, 1.165) is 7.05 Å². The van der Waals surface area contributed by atoms with Crippen molar-refractivity contribution in [2.45, 2.75) is 37.0 Å². The number of amides is 2. The second-order valence-electron chi connectivity index (χ2n) is 7.89. The lowest BCUT2D eigenvalue weighted by Gasteiger charge is -2.29. The van der Waals surface area contributed by atoms with Crippen LogP contribution in [0.25, 0.3) is 0 Å². The van der Waals surface area contributed by atoms with Crippen molar-refractivity contribution in [3.05, 3.63) is 47.3 Å². The molecule has 0 saturated heterocycles. The lowest BCUT2D eigenvalue weighted by atomic mass is 9.86. The molecule has 1 aliphatic heterocycles. The predicted molar refractivity (Wildman–Crippen MR) is 107 cm³/mol. The van der Waals surface area contributed by atoms with Gasteiger partial charge in [-0.25, -0.2) is 0 Å². The molecule has 0 radical (unpaired) electrons. The van der Waals surface area contributed by atoms with Crippen LogP contribution in [-0.2, 0) is 33.3 Å². The summed E-state index contributed by atoms with van der Waals surface area (Å²) in [4.78, 5) is 27.8. The molecule has 17 heteroatoms. The molecule has 37 heavy (non-hydrogen) atoms. The van der Waals surface area contributed by atoms with E-state index in [0.29, 0.717) is 10.9 Å². The van der Waals surface area contributed by atoms with Crippen molar-refractivity contribution in [3.8, 4) is 0 Å². The molecule has 0 spiro atoms.